The van der Waals surface area contributed by atoms with E-state index in [1.807, 2.05) is 26.0 Å². The van der Waals surface area contributed by atoms with Gasteiger partial charge < -0.3 is 4.74 Å². The number of hydrogen-bond acceptors (Lipinski definition) is 2. The van der Waals surface area contributed by atoms with Crippen molar-refractivity contribution in [1.29, 1.82) is 0 Å². The van der Waals surface area contributed by atoms with Gasteiger partial charge in [0.1, 0.15) is 5.52 Å². The molecule has 0 unspecified atom stereocenters. The lowest BCUT2D eigenvalue weighted by atomic mass is 10.1. The molecule has 0 spiro atoms. The number of alkyl halides is 2. The Morgan fingerprint density at radius 3 is 2.71 bits per heavy atom. The van der Waals surface area contributed by atoms with Gasteiger partial charge in [-0.05, 0) is 42.7 Å². The summed E-state index contributed by atoms with van der Waals surface area (Å²) in [6.07, 6.45) is 2.41. The first-order chi connectivity index (χ1) is 8.10. The molecule has 1 aromatic carbocycles. The van der Waals surface area contributed by atoms with Gasteiger partial charge in [0.15, 0.2) is 5.75 Å². The monoisotopic (exact) mass is 237 g/mol. The van der Waals surface area contributed by atoms with Crippen LogP contribution in [0, 0.1) is 6.92 Å². The fraction of sp³-hybridized carbons (Fsp3) is 0.308. The minimum absolute atomic E-state index is 0.148. The zero-order valence-corrected chi connectivity index (χ0v) is 9.71. The van der Waals surface area contributed by atoms with Crippen molar-refractivity contribution in [2.45, 2.75) is 26.9 Å². The number of benzene rings is 1. The Balaban J connectivity index is 2.62. The van der Waals surface area contributed by atoms with Crippen LogP contribution in [0.2, 0.25) is 0 Å². The van der Waals surface area contributed by atoms with Gasteiger partial charge in [0, 0.05) is 11.6 Å². The fourth-order valence-corrected chi connectivity index (χ4v) is 1.78. The van der Waals surface area contributed by atoms with Crippen molar-refractivity contribution in [1.82, 2.24) is 4.98 Å². The number of hydrogen-bond donors (Lipinski definition) is 0. The van der Waals surface area contributed by atoms with Gasteiger partial charge in [-0.25, -0.2) is 0 Å². The molecule has 0 aliphatic carbocycles. The van der Waals surface area contributed by atoms with Crippen LogP contribution in [0.5, 0.6) is 5.75 Å². The van der Waals surface area contributed by atoms with Gasteiger partial charge in [0.2, 0.25) is 0 Å². The highest BCUT2D eigenvalue weighted by Gasteiger charge is 2.11. The van der Waals surface area contributed by atoms with Gasteiger partial charge in [0.05, 0.1) is 0 Å². The quantitative estimate of drug-likeness (QED) is 0.811. The van der Waals surface area contributed by atoms with E-state index >= 15 is 0 Å². The van der Waals surface area contributed by atoms with Crippen LogP contribution >= 0.6 is 0 Å². The molecule has 90 valence electrons. The van der Waals surface area contributed by atoms with Crippen LogP contribution in [0.1, 0.15) is 18.1 Å². The smallest absolute Gasteiger partial charge is 0.387 e. The Kier molecular flexibility index (Phi) is 3.22. The first-order valence-corrected chi connectivity index (χ1v) is 5.44. The highest BCUT2D eigenvalue weighted by Crippen LogP contribution is 2.28. The third-order valence-electron chi connectivity index (χ3n) is 2.57. The molecule has 0 aliphatic heterocycles. The molecular weight excluding hydrogens is 224 g/mol. The van der Waals surface area contributed by atoms with Crippen LogP contribution in [-0.4, -0.2) is 11.6 Å². The summed E-state index contributed by atoms with van der Waals surface area (Å²) in [7, 11) is 0. The standard InChI is InChI=1S/C13H13F2NO/c1-3-9-5-10-4-8(2)7-16-12(10)11(6-9)17-13(14)15/h4-7,13H,3H2,1-2H3. The number of rotatable bonds is 3. The van der Waals surface area contributed by atoms with Crippen LogP contribution < -0.4 is 4.74 Å². The number of aryl methyl sites for hydroxylation is 2. The molecule has 17 heavy (non-hydrogen) atoms. The molecule has 0 N–H and O–H groups in total. The molecule has 4 heteroatoms. The summed E-state index contributed by atoms with van der Waals surface area (Å²) in [6.45, 7) is 1.06. The van der Waals surface area contributed by atoms with Gasteiger partial charge in [-0.3, -0.25) is 4.98 Å². The summed E-state index contributed by atoms with van der Waals surface area (Å²) in [5, 5.41) is 0.833. The average molecular weight is 237 g/mol. The number of aromatic nitrogens is 1. The molecule has 2 nitrogen and oxygen atoms in total. The number of fused-ring (bicyclic) bond motifs is 1. The van der Waals surface area contributed by atoms with Gasteiger partial charge in [-0.2, -0.15) is 8.78 Å². The van der Waals surface area contributed by atoms with Gasteiger partial charge in [-0.15, -0.1) is 0 Å². The molecule has 1 heterocycles. The Bertz CT molecular complexity index is 540. The molecular formula is C13H13F2NO. The van der Waals surface area contributed by atoms with Gasteiger partial charge >= 0.3 is 6.61 Å². The first kappa shape index (κ1) is 11.8. The molecule has 0 atom stereocenters. The Labute approximate surface area is 98.2 Å². The van der Waals surface area contributed by atoms with Crippen LogP contribution in [0.15, 0.2) is 24.4 Å². The predicted molar refractivity (Wildman–Crippen MR) is 62.5 cm³/mol. The number of pyridine rings is 1. The normalized spacial score (nSPS) is 11.1. The fourth-order valence-electron chi connectivity index (χ4n) is 1.78. The van der Waals surface area contributed by atoms with Crippen molar-refractivity contribution in [2.75, 3.05) is 0 Å². The molecule has 0 saturated heterocycles. The molecule has 0 amide bonds. The van der Waals surface area contributed by atoms with Crippen molar-refractivity contribution in [3.8, 4) is 5.75 Å². The number of nitrogens with zero attached hydrogens (tertiary/aromatic N) is 1. The zero-order valence-electron chi connectivity index (χ0n) is 9.71. The summed E-state index contributed by atoms with van der Waals surface area (Å²) in [5.74, 6) is 0.148. The zero-order chi connectivity index (χ0) is 12.4. The highest BCUT2D eigenvalue weighted by molar-refractivity contribution is 5.85. The molecule has 0 aliphatic rings. The summed E-state index contributed by atoms with van der Waals surface area (Å²) in [5.41, 5.74) is 2.43. The molecule has 0 fully saturated rings. The molecule has 2 rings (SSSR count). The number of halogens is 2. The van der Waals surface area contributed by atoms with E-state index in [2.05, 4.69) is 9.72 Å². The van der Waals surface area contributed by atoms with Gasteiger partial charge in [-0.1, -0.05) is 6.92 Å². The lowest BCUT2D eigenvalue weighted by molar-refractivity contribution is -0.0489. The van der Waals surface area contributed by atoms with E-state index in [0.29, 0.717) is 5.52 Å². The maximum absolute atomic E-state index is 12.3. The molecule has 0 saturated carbocycles. The van der Waals surface area contributed by atoms with Gasteiger partial charge in [0.25, 0.3) is 0 Å². The summed E-state index contributed by atoms with van der Waals surface area (Å²) >= 11 is 0. The third-order valence-corrected chi connectivity index (χ3v) is 2.57. The van der Waals surface area contributed by atoms with E-state index in [4.69, 9.17) is 0 Å². The Hall–Kier alpha value is -1.71. The Morgan fingerprint density at radius 1 is 1.29 bits per heavy atom. The van der Waals surface area contributed by atoms with Crippen molar-refractivity contribution in [3.05, 3.63) is 35.5 Å². The average Bonchev–Trinajstić information content (AvgIpc) is 2.27. The van der Waals surface area contributed by atoms with Crippen molar-refractivity contribution >= 4 is 10.9 Å². The van der Waals surface area contributed by atoms with E-state index < -0.39 is 6.61 Å². The van der Waals surface area contributed by atoms with Crippen LogP contribution in [0.3, 0.4) is 0 Å². The minimum atomic E-state index is -2.83. The maximum atomic E-state index is 12.3. The topological polar surface area (TPSA) is 22.1 Å². The van der Waals surface area contributed by atoms with E-state index in [1.165, 1.54) is 0 Å². The van der Waals surface area contributed by atoms with Crippen molar-refractivity contribution in [3.63, 3.8) is 0 Å². The van der Waals surface area contributed by atoms with E-state index in [1.54, 1.807) is 12.3 Å². The van der Waals surface area contributed by atoms with Crippen molar-refractivity contribution in [2.24, 2.45) is 0 Å². The molecule has 0 radical (unpaired) electrons. The lowest BCUT2D eigenvalue weighted by Gasteiger charge is -2.10. The predicted octanol–water partition coefficient (Wildman–Crippen LogP) is 3.71. The molecule has 0 bridgehead atoms. The van der Waals surface area contributed by atoms with Crippen LogP contribution in [-0.2, 0) is 6.42 Å². The molecule has 2 aromatic rings. The highest BCUT2D eigenvalue weighted by atomic mass is 19.3. The van der Waals surface area contributed by atoms with E-state index in [0.717, 1.165) is 22.9 Å². The maximum Gasteiger partial charge on any atom is 0.387 e. The minimum Gasteiger partial charge on any atom is -0.432 e. The van der Waals surface area contributed by atoms with Crippen LogP contribution in [0.25, 0.3) is 10.9 Å². The number of ether oxygens (including phenoxy) is 1. The largest absolute Gasteiger partial charge is 0.432 e. The SMILES string of the molecule is CCc1cc(OC(F)F)c2ncc(C)cc2c1. The van der Waals surface area contributed by atoms with E-state index in [9.17, 15) is 8.78 Å². The second-order valence-electron chi connectivity index (χ2n) is 3.91. The second-order valence-corrected chi connectivity index (χ2v) is 3.91. The van der Waals surface area contributed by atoms with Crippen molar-refractivity contribution < 1.29 is 13.5 Å². The Morgan fingerprint density at radius 2 is 2.06 bits per heavy atom. The second kappa shape index (κ2) is 4.65. The van der Waals surface area contributed by atoms with E-state index in [-0.39, 0.29) is 5.75 Å². The lowest BCUT2D eigenvalue weighted by Crippen LogP contribution is -2.03. The summed E-state index contributed by atoms with van der Waals surface area (Å²) < 4.78 is 29.1. The molecule has 1 aromatic heterocycles. The first-order valence-electron chi connectivity index (χ1n) is 5.44. The third kappa shape index (κ3) is 2.52. The summed E-state index contributed by atoms with van der Waals surface area (Å²) in [6, 6.07) is 5.49. The summed E-state index contributed by atoms with van der Waals surface area (Å²) in [4.78, 5) is 4.15. The van der Waals surface area contributed by atoms with Crippen LogP contribution in [0.4, 0.5) is 8.78 Å².